The first kappa shape index (κ1) is 23.6. The summed E-state index contributed by atoms with van der Waals surface area (Å²) < 4.78 is 44.4. The summed E-state index contributed by atoms with van der Waals surface area (Å²) in [5.41, 5.74) is 4.44. The number of aryl methyl sites for hydroxylation is 1. The van der Waals surface area contributed by atoms with E-state index in [-0.39, 0.29) is 22.9 Å². The Labute approximate surface area is 205 Å². The number of carbonyl (C=O) groups is 2. The highest BCUT2D eigenvalue weighted by Gasteiger charge is 2.41. The topological polar surface area (TPSA) is 146 Å². The zero-order chi connectivity index (χ0) is 26.3. The van der Waals surface area contributed by atoms with Gasteiger partial charge in [-0.15, -0.1) is 5.10 Å². The first-order valence-electron chi connectivity index (χ1n) is 10.6. The second kappa shape index (κ2) is 8.82. The predicted octanol–water partition coefficient (Wildman–Crippen LogP) is 3.07. The highest BCUT2D eigenvalue weighted by Crippen LogP contribution is 2.35. The fraction of sp³-hybridized carbons (Fsp3) is 0.0870. The molecule has 5 aromatic rings. The third-order valence-corrected chi connectivity index (χ3v) is 5.40. The zero-order valence-corrected chi connectivity index (χ0v) is 18.9. The lowest BCUT2D eigenvalue weighted by atomic mass is 10.1. The van der Waals surface area contributed by atoms with E-state index in [1.165, 1.54) is 35.4 Å². The smallest absolute Gasteiger partial charge is 0.364 e. The number of rotatable bonds is 5. The first-order valence-corrected chi connectivity index (χ1v) is 10.6. The minimum atomic E-state index is -4.89. The van der Waals surface area contributed by atoms with E-state index in [0.717, 1.165) is 6.20 Å². The molecule has 0 bridgehead atoms. The van der Waals surface area contributed by atoms with Crippen molar-refractivity contribution < 1.29 is 22.8 Å². The molecule has 0 aliphatic rings. The van der Waals surface area contributed by atoms with E-state index >= 15 is 0 Å². The Morgan fingerprint density at radius 3 is 2.59 bits per heavy atom. The van der Waals surface area contributed by atoms with E-state index in [9.17, 15) is 22.8 Å². The lowest BCUT2D eigenvalue weighted by Gasteiger charge is -2.14. The minimum absolute atomic E-state index is 0.0720. The standard InChI is InChI=1S/C23H16F3N9O2/c1-12-8-13(9-29-21(12)34-11-17(20(27)36)32-33-34)31-22(37)15-10-30-35(19(15)23(24,25)26)18-6-2-5-16-14(18)4-3-7-28-16/h2-11H,1H3,(H2,27,36)(H,31,37). The number of nitrogens with zero attached hydrogens (tertiary/aromatic N) is 7. The number of nitrogens with two attached hydrogens (primary N) is 1. The molecule has 4 aromatic heterocycles. The highest BCUT2D eigenvalue weighted by atomic mass is 19.4. The van der Waals surface area contributed by atoms with Crippen molar-refractivity contribution in [3.63, 3.8) is 0 Å². The van der Waals surface area contributed by atoms with Gasteiger partial charge in [0.1, 0.15) is 0 Å². The van der Waals surface area contributed by atoms with E-state index in [2.05, 4.69) is 30.7 Å². The average Bonchev–Trinajstić information content (AvgIpc) is 3.52. The molecule has 0 aliphatic heterocycles. The van der Waals surface area contributed by atoms with Crippen LogP contribution in [-0.4, -0.2) is 46.6 Å². The van der Waals surface area contributed by atoms with Crippen LogP contribution in [0.4, 0.5) is 18.9 Å². The van der Waals surface area contributed by atoms with Crippen LogP contribution < -0.4 is 11.1 Å². The van der Waals surface area contributed by atoms with Gasteiger partial charge >= 0.3 is 6.18 Å². The second-order valence-corrected chi connectivity index (χ2v) is 7.89. The molecule has 0 spiro atoms. The summed E-state index contributed by atoms with van der Waals surface area (Å²) in [6, 6.07) is 9.40. The molecular weight excluding hydrogens is 491 g/mol. The van der Waals surface area contributed by atoms with Crippen LogP contribution >= 0.6 is 0 Å². The summed E-state index contributed by atoms with van der Waals surface area (Å²) in [4.78, 5) is 32.5. The molecule has 37 heavy (non-hydrogen) atoms. The Hall–Kier alpha value is -5.14. The number of carbonyl (C=O) groups excluding carboxylic acids is 2. The van der Waals surface area contributed by atoms with Crippen LogP contribution in [0.15, 0.2) is 61.2 Å². The van der Waals surface area contributed by atoms with Crippen molar-refractivity contribution in [2.75, 3.05) is 5.32 Å². The van der Waals surface area contributed by atoms with Gasteiger partial charge in [0.15, 0.2) is 17.2 Å². The number of benzene rings is 1. The largest absolute Gasteiger partial charge is 0.434 e. The Kier molecular flexibility index (Phi) is 5.62. The van der Waals surface area contributed by atoms with Crippen LogP contribution in [-0.2, 0) is 6.18 Å². The molecule has 11 nitrogen and oxygen atoms in total. The predicted molar refractivity (Wildman–Crippen MR) is 124 cm³/mol. The number of hydrogen-bond donors (Lipinski definition) is 2. The van der Waals surface area contributed by atoms with Crippen LogP contribution in [0.5, 0.6) is 0 Å². The van der Waals surface area contributed by atoms with Gasteiger partial charge in [-0.05, 0) is 42.8 Å². The number of alkyl halides is 3. The molecule has 0 saturated carbocycles. The molecule has 0 fully saturated rings. The molecule has 4 heterocycles. The van der Waals surface area contributed by atoms with Crippen molar-refractivity contribution in [1.29, 1.82) is 0 Å². The van der Waals surface area contributed by atoms with E-state index in [1.54, 1.807) is 31.2 Å². The van der Waals surface area contributed by atoms with Crippen molar-refractivity contribution in [2.45, 2.75) is 13.1 Å². The normalized spacial score (nSPS) is 11.6. The molecule has 1 aromatic carbocycles. The maximum Gasteiger partial charge on any atom is 0.434 e. The van der Waals surface area contributed by atoms with Crippen molar-refractivity contribution in [2.24, 2.45) is 5.73 Å². The van der Waals surface area contributed by atoms with E-state index < -0.39 is 29.2 Å². The summed E-state index contributed by atoms with van der Waals surface area (Å²) in [5, 5.41) is 14.2. The molecule has 5 rings (SSSR count). The van der Waals surface area contributed by atoms with Crippen molar-refractivity contribution >= 4 is 28.4 Å². The lowest BCUT2D eigenvalue weighted by Crippen LogP contribution is -2.21. The molecule has 0 saturated heterocycles. The number of pyridine rings is 2. The average molecular weight is 507 g/mol. The SMILES string of the molecule is Cc1cc(NC(=O)c2cnn(-c3cccc4ncccc34)c2C(F)(F)F)cnc1-n1cc(C(N)=O)nn1. The maximum atomic E-state index is 14.2. The fourth-order valence-corrected chi connectivity index (χ4v) is 3.80. The van der Waals surface area contributed by atoms with Gasteiger partial charge in [-0.3, -0.25) is 14.6 Å². The monoisotopic (exact) mass is 507 g/mol. The van der Waals surface area contributed by atoms with Gasteiger partial charge in [0, 0.05) is 11.6 Å². The first-order chi connectivity index (χ1) is 17.6. The molecule has 3 N–H and O–H groups in total. The Balaban J connectivity index is 1.49. The summed E-state index contributed by atoms with van der Waals surface area (Å²) in [7, 11) is 0. The van der Waals surface area contributed by atoms with Crippen LogP contribution in [0.1, 0.15) is 32.1 Å². The lowest BCUT2D eigenvalue weighted by molar-refractivity contribution is -0.143. The maximum absolute atomic E-state index is 14.2. The van der Waals surface area contributed by atoms with Gasteiger partial charge in [-0.1, -0.05) is 11.3 Å². The number of fused-ring (bicyclic) bond motifs is 1. The van der Waals surface area contributed by atoms with Crippen LogP contribution in [0.2, 0.25) is 0 Å². The molecular formula is C23H16F3N9O2. The number of nitrogens with one attached hydrogen (secondary N) is 1. The van der Waals surface area contributed by atoms with Gasteiger partial charge in [0.25, 0.3) is 11.8 Å². The molecule has 0 atom stereocenters. The Bertz CT molecular complexity index is 1670. The zero-order valence-electron chi connectivity index (χ0n) is 18.9. The van der Waals surface area contributed by atoms with Crippen molar-refractivity contribution in [3.05, 3.63) is 83.7 Å². The summed E-state index contributed by atoms with van der Waals surface area (Å²) in [5.74, 6) is -1.51. The summed E-state index contributed by atoms with van der Waals surface area (Å²) in [6.07, 6.45) is 0.0157. The quantitative estimate of drug-likeness (QED) is 0.372. The number of amides is 2. The highest BCUT2D eigenvalue weighted by molar-refractivity contribution is 6.05. The van der Waals surface area contributed by atoms with E-state index in [4.69, 9.17) is 5.73 Å². The van der Waals surface area contributed by atoms with Gasteiger partial charge < -0.3 is 11.1 Å². The molecule has 186 valence electrons. The third-order valence-electron chi connectivity index (χ3n) is 5.40. The van der Waals surface area contributed by atoms with Crippen LogP contribution in [0, 0.1) is 6.92 Å². The fourth-order valence-electron chi connectivity index (χ4n) is 3.80. The number of hydrogen-bond acceptors (Lipinski definition) is 7. The molecule has 2 amide bonds. The molecule has 0 unspecified atom stereocenters. The van der Waals surface area contributed by atoms with Gasteiger partial charge in [0.05, 0.1) is 41.0 Å². The number of aromatic nitrogens is 7. The minimum Gasteiger partial charge on any atom is -0.364 e. The molecule has 0 aliphatic carbocycles. The molecule has 14 heteroatoms. The van der Waals surface area contributed by atoms with Crippen molar-refractivity contribution in [3.8, 4) is 11.5 Å². The van der Waals surface area contributed by atoms with Gasteiger partial charge in [-0.2, -0.15) is 18.3 Å². The molecule has 0 radical (unpaired) electrons. The van der Waals surface area contributed by atoms with Gasteiger partial charge in [0.2, 0.25) is 0 Å². The summed E-state index contributed by atoms with van der Waals surface area (Å²) in [6.45, 7) is 1.64. The van der Waals surface area contributed by atoms with E-state index in [0.29, 0.717) is 21.1 Å². The number of anilines is 1. The second-order valence-electron chi connectivity index (χ2n) is 7.89. The Morgan fingerprint density at radius 1 is 1.08 bits per heavy atom. The van der Waals surface area contributed by atoms with Gasteiger partial charge in [-0.25, -0.2) is 14.3 Å². The van der Waals surface area contributed by atoms with Crippen LogP contribution in [0.3, 0.4) is 0 Å². The summed E-state index contributed by atoms with van der Waals surface area (Å²) >= 11 is 0. The van der Waals surface area contributed by atoms with Crippen molar-refractivity contribution in [1.82, 2.24) is 34.7 Å². The van der Waals surface area contributed by atoms with Crippen LogP contribution in [0.25, 0.3) is 22.4 Å². The number of primary amides is 1. The Morgan fingerprint density at radius 2 is 1.89 bits per heavy atom. The third kappa shape index (κ3) is 4.35. The number of halogens is 3. The van der Waals surface area contributed by atoms with E-state index in [1.807, 2.05) is 0 Å².